The van der Waals surface area contributed by atoms with Crippen molar-refractivity contribution in [1.29, 1.82) is 0 Å². The fraction of sp³-hybridized carbons (Fsp3) is 0.312. The molecule has 2 rings (SSSR count). The summed E-state index contributed by atoms with van der Waals surface area (Å²) >= 11 is 9.56. The average molecular weight is 371 g/mol. The number of aryl methyl sites for hydroxylation is 1. The molecule has 0 bridgehead atoms. The summed E-state index contributed by atoms with van der Waals surface area (Å²) in [6.45, 7) is 7.28. The van der Waals surface area contributed by atoms with E-state index in [0.717, 1.165) is 11.1 Å². The fourth-order valence-corrected chi connectivity index (χ4v) is 2.47. The summed E-state index contributed by atoms with van der Waals surface area (Å²) in [4.78, 5) is 4.28. The Hall–Kier alpha value is -1.10. The maximum atomic E-state index is 10.00. The summed E-state index contributed by atoms with van der Waals surface area (Å²) in [5, 5.41) is 10.7. The Balaban J connectivity index is 2.40. The summed E-state index contributed by atoms with van der Waals surface area (Å²) in [6.07, 6.45) is 1.61. The molecular formula is C16H17BrClNO2. The van der Waals surface area contributed by atoms with E-state index in [-0.39, 0.29) is 0 Å². The summed E-state index contributed by atoms with van der Waals surface area (Å²) < 4.78 is 6.58. The van der Waals surface area contributed by atoms with Gasteiger partial charge in [0.1, 0.15) is 5.75 Å². The molecule has 0 aliphatic rings. The number of nitrogens with zero attached hydrogens (tertiary/aromatic N) is 1. The highest BCUT2D eigenvalue weighted by Crippen LogP contribution is 2.36. The van der Waals surface area contributed by atoms with Crippen LogP contribution in [0.15, 0.2) is 28.9 Å². The standard InChI is InChI=1S/C16H17BrClNO2/c1-9-5-6-13(18)10(2)14(9)21-15-12(17)7-11(8-19-15)16(3,4)20/h5-8,20H,1-4H3. The second kappa shape index (κ2) is 5.95. The Kier molecular flexibility index (Phi) is 4.61. The van der Waals surface area contributed by atoms with Crippen molar-refractivity contribution in [3.05, 3.63) is 50.6 Å². The molecule has 0 aliphatic heterocycles. The lowest BCUT2D eigenvalue weighted by Crippen LogP contribution is -2.15. The minimum atomic E-state index is -0.948. The van der Waals surface area contributed by atoms with Gasteiger partial charge in [0.05, 0.1) is 10.1 Å². The highest BCUT2D eigenvalue weighted by atomic mass is 79.9. The van der Waals surface area contributed by atoms with Gasteiger partial charge >= 0.3 is 0 Å². The molecule has 0 saturated carbocycles. The van der Waals surface area contributed by atoms with Gasteiger partial charge in [0.15, 0.2) is 0 Å². The van der Waals surface area contributed by atoms with Crippen LogP contribution in [0.4, 0.5) is 0 Å². The number of ether oxygens (including phenoxy) is 1. The third-order valence-electron chi connectivity index (χ3n) is 3.25. The smallest absolute Gasteiger partial charge is 0.233 e. The predicted molar refractivity (Wildman–Crippen MR) is 88.2 cm³/mol. The lowest BCUT2D eigenvalue weighted by atomic mass is 10.0. The molecule has 21 heavy (non-hydrogen) atoms. The van der Waals surface area contributed by atoms with Crippen LogP contribution in [-0.4, -0.2) is 10.1 Å². The van der Waals surface area contributed by atoms with Crippen LogP contribution in [-0.2, 0) is 5.60 Å². The van der Waals surface area contributed by atoms with Crippen LogP contribution in [0.1, 0.15) is 30.5 Å². The number of hydrogen-bond donors (Lipinski definition) is 1. The Morgan fingerprint density at radius 3 is 2.52 bits per heavy atom. The molecule has 1 N–H and O–H groups in total. The van der Waals surface area contributed by atoms with Crippen LogP contribution < -0.4 is 4.74 Å². The SMILES string of the molecule is Cc1ccc(Cl)c(C)c1Oc1ncc(C(C)(C)O)cc1Br. The number of rotatable bonds is 3. The van der Waals surface area contributed by atoms with Crippen molar-refractivity contribution in [2.45, 2.75) is 33.3 Å². The maximum absolute atomic E-state index is 10.00. The molecule has 0 aliphatic carbocycles. The molecule has 0 unspecified atom stereocenters. The number of aliphatic hydroxyl groups is 1. The van der Waals surface area contributed by atoms with Crippen LogP contribution in [0.25, 0.3) is 0 Å². The van der Waals surface area contributed by atoms with E-state index in [2.05, 4.69) is 20.9 Å². The van der Waals surface area contributed by atoms with E-state index in [9.17, 15) is 5.11 Å². The normalized spacial score (nSPS) is 11.6. The van der Waals surface area contributed by atoms with Gasteiger partial charge in [-0.1, -0.05) is 17.7 Å². The summed E-state index contributed by atoms with van der Waals surface area (Å²) in [6, 6.07) is 5.56. The van der Waals surface area contributed by atoms with Gasteiger partial charge in [0.25, 0.3) is 0 Å². The highest BCUT2D eigenvalue weighted by Gasteiger charge is 2.19. The van der Waals surface area contributed by atoms with Gasteiger partial charge in [-0.05, 0) is 61.3 Å². The van der Waals surface area contributed by atoms with Crippen molar-refractivity contribution in [2.75, 3.05) is 0 Å². The fourth-order valence-electron chi connectivity index (χ4n) is 1.89. The molecule has 0 amide bonds. The van der Waals surface area contributed by atoms with Gasteiger partial charge in [-0.3, -0.25) is 0 Å². The predicted octanol–water partition coefficient (Wildman–Crippen LogP) is 5.13. The Morgan fingerprint density at radius 1 is 1.29 bits per heavy atom. The molecule has 0 radical (unpaired) electrons. The van der Waals surface area contributed by atoms with Crippen molar-refractivity contribution in [3.63, 3.8) is 0 Å². The molecule has 0 fully saturated rings. The lowest BCUT2D eigenvalue weighted by molar-refractivity contribution is 0.0781. The van der Waals surface area contributed by atoms with Crippen molar-refractivity contribution in [3.8, 4) is 11.6 Å². The van der Waals surface area contributed by atoms with Gasteiger partial charge in [-0.2, -0.15) is 0 Å². The van der Waals surface area contributed by atoms with Crippen LogP contribution in [0, 0.1) is 13.8 Å². The van der Waals surface area contributed by atoms with Crippen molar-refractivity contribution < 1.29 is 9.84 Å². The number of hydrogen-bond acceptors (Lipinski definition) is 3. The molecule has 0 atom stereocenters. The summed E-state index contributed by atoms with van der Waals surface area (Å²) in [5.74, 6) is 1.14. The van der Waals surface area contributed by atoms with E-state index in [4.69, 9.17) is 16.3 Å². The monoisotopic (exact) mass is 369 g/mol. The summed E-state index contributed by atoms with van der Waals surface area (Å²) in [5.41, 5.74) is 1.62. The minimum Gasteiger partial charge on any atom is -0.437 e. The Bertz CT molecular complexity index is 681. The summed E-state index contributed by atoms with van der Waals surface area (Å²) in [7, 11) is 0. The molecule has 0 spiro atoms. The lowest BCUT2D eigenvalue weighted by Gasteiger charge is -2.19. The Morgan fingerprint density at radius 2 is 1.95 bits per heavy atom. The second-order valence-electron chi connectivity index (χ2n) is 5.49. The third kappa shape index (κ3) is 3.57. The largest absolute Gasteiger partial charge is 0.437 e. The van der Waals surface area contributed by atoms with E-state index in [1.807, 2.05) is 26.0 Å². The molecule has 1 aromatic heterocycles. The molecule has 3 nitrogen and oxygen atoms in total. The molecular weight excluding hydrogens is 354 g/mol. The molecule has 1 aromatic carbocycles. The number of aromatic nitrogens is 1. The highest BCUT2D eigenvalue weighted by molar-refractivity contribution is 9.10. The zero-order valence-electron chi connectivity index (χ0n) is 12.4. The van der Waals surface area contributed by atoms with E-state index in [1.54, 1.807) is 26.1 Å². The van der Waals surface area contributed by atoms with Gasteiger partial charge in [0, 0.05) is 22.3 Å². The Labute approximate surface area is 138 Å². The van der Waals surface area contributed by atoms with Crippen LogP contribution in [0.2, 0.25) is 5.02 Å². The quantitative estimate of drug-likeness (QED) is 0.814. The van der Waals surface area contributed by atoms with Crippen molar-refractivity contribution in [1.82, 2.24) is 4.98 Å². The molecule has 0 saturated heterocycles. The zero-order valence-corrected chi connectivity index (χ0v) is 14.7. The molecule has 1 heterocycles. The number of pyridine rings is 1. The number of halogens is 2. The van der Waals surface area contributed by atoms with Gasteiger partial charge < -0.3 is 9.84 Å². The van der Waals surface area contributed by atoms with Gasteiger partial charge in [-0.25, -0.2) is 4.98 Å². The van der Waals surface area contributed by atoms with E-state index in [0.29, 0.717) is 26.7 Å². The topological polar surface area (TPSA) is 42.4 Å². The average Bonchev–Trinajstić information content (AvgIpc) is 2.39. The van der Waals surface area contributed by atoms with Crippen molar-refractivity contribution in [2.24, 2.45) is 0 Å². The maximum Gasteiger partial charge on any atom is 0.233 e. The number of benzene rings is 1. The first-order valence-corrected chi connectivity index (χ1v) is 7.69. The molecule has 5 heteroatoms. The zero-order chi connectivity index (χ0) is 15.8. The van der Waals surface area contributed by atoms with E-state index < -0.39 is 5.60 Å². The second-order valence-corrected chi connectivity index (χ2v) is 6.75. The van der Waals surface area contributed by atoms with Crippen LogP contribution in [0.5, 0.6) is 11.6 Å². The molecule has 112 valence electrons. The molecule has 2 aromatic rings. The first-order chi connectivity index (χ1) is 9.70. The first-order valence-electron chi connectivity index (χ1n) is 6.52. The third-order valence-corrected chi connectivity index (χ3v) is 4.23. The first kappa shape index (κ1) is 16.3. The van der Waals surface area contributed by atoms with Crippen LogP contribution >= 0.6 is 27.5 Å². The van der Waals surface area contributed by atoms with Gasteiger partial charge in [0.2, 0.25) is 5.88 Å². The van der Waals surface area contributed by atoms with Gasteiger partial charge in [-0.15, -0.1) is 0 Å². The minimum absolute atomic E-state index is 0.441. The van der Waals surface area contributed by atoms with Crippen LogP contribution in [0.3, 0.4) is 0 Å². The van der Waals surface area contributed by atoms with E-state index >= 15 is 0 Å². The van der Waals surface area contributed by atoms with Crippen molar-refractivity contribution >= 4 is 27.5 Å². The van der Waals surface area contributed by atoms with E-state index in [1.165, 1.54) is 0 Å².